The summed E-state index contributed by atoms with van der Waals surface area (Å²) in [7, 11) is 0. The molecule has 0 aliphatic heterocycles. The quantitative estimate of drug-likeness (QED) is 0.369. The minimum Gasteiger partial charge on any atom is -0.444 e. The zero-order chi connectivity index (χ0) is 27.8. The largest absolute Gasteiger partial charge is 0.444 e. The second kappa shape index (κ2) is 13.4. The van der Waals surface area contributed by atoms with Crippen LogP contribution in [0.4, 0.5) is 10.5 Å². The van der Waals surface area contributed by atoms with Crippen LogP contribution < -0.4 is 10.6 Å². The van der Waals surface area contributed by atoms with E-state index in [1.54, 1.807) is 58.0 Å². The number of aliphatic hydroxyl groups excluding tert-OH is 2. The highest BCUT2D eigenvalue weighted by Crippen LogP contribution is 2.29. The number of anilines is 1. The molecule has 0 aromatic heterocycles. The van der Waals surface area contributed by atoms with Gasteiger partial charge in [0.2, 0.25) is 5.91 Å². The molecular weight excluding hydrogens is 498 g/mol. The van der Waals surface area contributed by atoms with Crippen molar-refractivity contribution in [1.82, 2.24) is 10.2 Å². The Morgan fingerprint density at radius 2 is 1.73 bits per heavy atom. The summed E-state index contributed by atoms with van der Waals surface area (Å²) < 4.78 is 5.21. The van der Waals surface area contributed by atoms with Gasteiger partial charge < -0.3 is 30.5 Å². The molecule has 202 valence electrons. The van der Waals surface area contributed by atoms with Crippen LogP contribution in [0.5, 0.6) is 0 Å². The van der Waals surface area contributed by atoms with Crippen LogP contribution in [0, 0.1) is 6.92 Å². The maximum atomic E-state index is 13.7. The molecule has 0 heterocycles. The van der Waals surface area contributed by atoms with E-state index < -0.39 is 48.8 Å². The lowest BCUT2D eigenvalue weighted by atomic mass is 10.00. The number of nitrogens with one attached hydrogen (secondary N) is 2. The number of rotatable bonds is 10. The van der Waals surface area contributed by atoms with Crippen molar-refractivity contribution in [2.75, 3.05) is 25.1 Å². The Morgan fingerprint density at radius 1 is 1.08 bits per heavy atom. The fourth-order valence-corrected chi connectivity index (χ4v) is 3.97. The van der Waals surface area contributed by atoms with Crippen molar-refractivity contribution in [3.05, 3.63) is 64.2 Å². The van der Waals surface area contributed by atoms with Crippen molar-refractivity contribution in [3.8, 4) is 0 Å². The topological polar surface area (TPSA) is 128 Å². The number of hydrogen-bond donors (Lipinski definition) is 4. The number of amides is 3. The zero-order valence-electron chi connectivity index (χ0n) is 21.9. The molecule has 0 saturated heterocycles. The highest BCUT2D eigenvalue weighted by molar-refractivity contribution is 6.34. The van der Waals surface area contributed by atoms with Gasteiger partial charge in [0, 0.05) is 6.54 Å². The molecule has 2 atom stereocenters. The van der Waals surface area contributed by atoms with Crippen molar-refractivity contribution in [2.24, 2.45) is 0 Å². The lowest BCUT2D eigenvalue weighted by molar-refractivity contribution is -0.142. The summed E-state index contributed by atoms with van der Waals surface area (Å²) >= 11 is 6.32. The highest BCUT2D eigenvalue weighted by Gasteiger charge is 2.36. The standard InChI is InChI=1S/C27H36ClN3O6/c1-6-18-10-12-19(13-11-18)23(24(34)30-22-17(2)8-7-9-20(22)28)31(14-15-32)25(35)21(16-33)29-26(36)37-27(3,4)5/h7-13,21,23,32-33H,6,14-16H2,1-5H3,(H,29,36)(H,30,34). The molecule has 10 heteroatoms. The van der Waals surface area contributed by atoms with Gasteiger partial charge in [-0.2, -0.15) is 0 Å². The molecule has 0 radical (unpaired) electrons. The van der Waals surface area contributed by atoms with Gasteiger partial charge in [-0.25, -0.2) is 4.79 Å². The van der Waals surface area contributed by atoms with E-state index in [1.165, 1.54) is 0 Å². The van der Waals surface area contributed by atoms with E-state index in [9.17, 15) is 24.6 Å². The van der Waals surface area contributed by atoms with E-state index in [0.29, 0.717) is 16.3 Å². The highest BCUT2D eigenvalue weighted by atomic mass is 35.5. The van der Waals surface area contributed by atoms with Gasteiger partial charge in [-0.05, 0) is 56.9 Å². The lowest BCUT2D eigenvalue weighted by Gasteiger charge is -2.34. The van der Waals surface area contributed by atoms with Gasteiger partial charge in [-0.15, -0.1) is 0 Å². The number of aliphatic hydroxyl groups is 2. The van der Waals surface area contributed by atoms with Gasteiger partial charge in [0.1, 0.15) is 17.7 Å². The third-order valence-corrected chi connectivity index (χ3v) is 5.84. The van der Waals surface area contributed by atoms with Crippen LogP contribution in [-0.4, -0.2) is 64.4 Å². The summed E-state index contributed by atoms with van der Waals surface area (Å²) in [6.07, 6.45) is -0.120. The summed E-state index contributed by atoms with van der Waals surface area (Å²) in [6, 6.07) is 9.73. The van der Waals surface area contributed by atoms with Gasteiger partial charge in [-0.1, -0.05) is 54.9 Å². The summed E-state index contributed by atoms with van der Waals surface area (Å²) in [5, 5.41) is 25.2. The smallest absolute Gasteiger partial charge is 0.408 e. The molecule has 0 aliphatic rings. The van der Waals surface area contributed by atoms with E-state index in [4.69, 9.17) is 16.3 Å². The summed E-state index contributed by atoms with van der Waals surface area (Å²) in [6.45, 7) is 7.34. The number of carbonyl (C=O) groups is 3. The fourth-order valence-electron chi connectivity index (χ4n) is 3.70. The predicted octanol–water partition coefficient (Wildman–Crippen LogP) is 3.60. The third kappa shape index (κ3) is 8.45. The molecule has 0 aliphatic carbocycles. The predicted molar refractivity (Wildman–Crippen MR) is 142 cm³/mol. The number of halogens is 1. The third-order valence-electron chi connectivity index (χ3n) is 5.53. The molecular formula is C27H36ClN3O6. The minimum absolute atomic E-state index is 0.236. The van der Waals surface area contributed by atoms with Gasteiger partial charge in [-0.3, -0.25) is 9.59 Å². The maximum absolute atomic E-state index is 13.7. The molecule has 0 spiro atoms. The molecule has 9 nitrogen and oxygen atoms in total. The summed E-state index contributed by atoms with van der Waals surface area (Å²) in [4.78, 5) is 40.7. The number of ether oxygens (including phenoxy) is 1. The first kappa shape index (κ1) is 30.1. The maximum Gasteiger partial charge on any atom is 0.408 e. The van der Waals surface area contributed by atoms with Crippen molar-refractivity contribution < 1.29 is 29.3 Å². The number of carbonyl (C=O) groups excluding carboxylic acids is 3. The molecule has 0 fully saturated rings. The fraction of sp³-hybridized carbons (Fsp3) is 0.444. The number of alkyl carbamates (subject to hydrolysis) is 1. The first-order valence-electron chi connectivity index (χ1n) is 12.1. The molecule has 2 rings (SSSR count). The number of aryl methyl sites for hydroxylation is 2. The van der Waals surface area contributed by atoms with Crippen LogP contribution in [-0.2, 0) is 20.7 Å². The normalized spacial score (nSPS) is 12.9. The number of nitrogens with zero attached hydrogens (tertiary/aromatic N) is 1. The van der Waals surface area contributed by atoms with Crippen molar-refractivity contribution >= 4 is 35.2 Å². The minimum atomic E-state index is -1.41. The molecule has 0 bridgehead atoms. The van der Waals surface area contributed by atoms with Crippen LogP contribution in [0.1, 0.15) is 50.4 Å². The molecule has 37 heavy (non-hydrogen) atoms. The molecule has 4 N–H and O–H groups in total. The molecule has 2 aromatic rings. The average Bonchev–Trinajstić information content (AvgIpc) is 2.83. The number of hydrogen-bond acceptors (Lipinski definition) is 6. The monoisotopic (exact) mass is 533 g/mol. The summed E-state index contributed by atoms with van der Waals surface area (Å²) in [5.74, 6) is -1.34. The van der Waals surface area contributed by atoms with Crippen LogP contribution in [0.3, 0.4) is 0 Å². The van der Waals surface area contributed by atoms with Crippen LogP contribution in [0.25, 0.3) is 0 Å². The van der Waals surface area contributed by atoms with E-state index in [-0.39, 0.29) is 6.54 Å². The Hall–Kier alpha value is -3.14. The van der Waals surface area contributed by atoms with Crippen LogP contribution in [0.2, 0.25) is 5.02 Å². The van der Waals surface area contributed by atoms with Crippen LogP contribution >= 0.6 is 11.6 Å². The van der Waals surface area contributed by atoms with Crippen molar-refractivity contribution in [2.45, 2.75) is 58.7 Å². The van der Waals surface area contributed by atoms with Gasteiger partial charge >= 0.3 is 6.09 Å². The Bertz CT molecular complexity index is 1060. The van der Waals surface area contributed by atoms with E-state index in [0.717, 1.165) is 22.4 Å². The van der Waals surface area contributed by atoms with Crippen molar-refractivity contribution in [1.29, 1.82) is 0 Å². The Kier molecular flexibility index (Phi) is 10.9. The first-order valence-corrected chi connectivity index (χ1v) is 12.5. The molecule has 2 aromatic carbocycles. The van der Waals surface area contributed by atoms with E-state index in [1.807, 2.05) is 19.1 Å². The van der Waals surface area contributed by atoms with Gasteiger partial charge in [0.25, 0.3) is 5.91 Å². The molecule has 2 unspecified atom stereocenters. The first-order chi connectivity index (χ1) is 17.4. The van der Waals surface area contributed by atoms with Gasteiger partial charge in [0.15, 0.2) is 0 Å². The number of para-hydroxylation sites is 1. The Balaban J connectivity index is 2.49. The zero-order valence-corrected chi connectivity index (χ0v) is 22.6. The second-order valence-electron chi connectivity index (χ2n) is 9.56. The van der Waals surface area contributed by atoms with E-state index in [2.05, 4.69) is 10.6 Å². The Labute approximate surface area is 222 Å². The van der Waals surface area contributed by atoms with Crippen LogP contribution in [0.15, 0.2) is 42.5 Å². The lowest BCUT2D eigenvalue weighted by Crippen LogP contribution is -2.54. The van der Waals surface area contributed by atoms with E-state index >= 15 is 0 Å². The average molecular weight is 534 g/mol. The molecule has 0 saturated carbocycles. The Morgan fingerprint density at radius 3 is 2.24 bits per heavy atom. The van der Waals surface area contributed by atoms with Gasteiger partial charge in [0.05, 0.1) is 23.9 Å². The molecule has 3 amide bonds. The van der Waals surface area contributed by atoms with Crippen molar-refractivity contribution in [3.63, 3.8) is 0 Å². The summed E-state index contributed by atoms with van der Waals surface area (Å²) in [5.41, 5.74) is 1.81. The number of benzene rings is 2. The second-order valence-corrected chi connectivity index (χ2v) is 9.96. The SMILES string of the molecule is CCc1ccc(C(C(=O)Nc2c(C)cccc2Cl)N(CCO)C(=O)C(CO)NC(=O)OC(C)(C)C)cc1.